The zero-order chi connectivity index (χ0) is 13.8. The Kier molecular flexibility index (Phi) is 2.53. The largest absolute Gasteiger partial charge is 0.353 e. The molecule has 1 saturated carbocycles. The zero-order valence-electron chi connectivity index (χ0n) is 12.2. The Balaban J connectivity index is 1.29. The molecule has 21 heavy (non-hydrogen) atoms. The highest BCUT2D eigenvalue weighted by molar-refractivity contribution is 5.87. The van der Waals surface area contributed by atoms with Gasteiger partial charge in [0.05, 0.1) is 5.39 Å². The van der Waals surface area contributed by atoms with Crippen molar-refractivity contribution in [3.8, 4) is 0 Å². The SMILES string of the molecule is c1nc(N2CC(N3CC4CCCC4C3)C2)c2cc[nH]c2n1. The van der Waals surface area contributed by atoms with Crippen molar-refractivity contribution in [3.63, 3.8) is 0 Å². The average molecular weight is 283 g/mol. The van der Waals surface area contributed by atoms with E-state index < -0.39 is 0 Å². The van der Waals surface area contributed by atoms with Crippen LogP contribution in [0.5, 0.6) is 0 Å². The quantitative estimate of drug-likeness (QED) is 0.914. The second kappa shape index (κ2) is 4.44. The molecule has 2 saturated heterocycles. The second-order valence-corrected chi connectivity index (χ2v) is 6.90. The molecule has 3 fully saturated rings. The summed E-state index contributed by atoms with van der Waals surface area (Å²) in [6.07, 6.45) is 8.01. The van der Waals surface area contributed by atoms with Gasteiger partial charge in [-0.2, -0.15) is 0 Å². The number of anilines is 1. The van der Waals surface area contributed by atoms with E-state index >= 15 is 0 Å². The van der Waals surface area contributed by atoms with E-state index in [1.54, 1.807) is 6.33 Å². The van der Waals surface area contributed by atoms with E-state index in [0.717, 1.165) is 47.8 Å². The van der Waals surface area contributed by atoms with E-state index in [0.29, 0.717) is 0 Å². The standard InChI is InChI=1S/C16H21N5/c1-2-11-6-20(7-12(11)3-1)13-8-21(9-13)16-14-4-5-17-15(14)18-10-19-16/h4-5,10-13H,1-3,6-9H2,(H,17,18,19). The minimum absolute atomic E-state index is 0.736. The monoisotopic (exact) mass is 283 g/mol. The molecule has 0 aromatic carbocycles. The van der Waals surface area contributed by atoms with Gasteiger partial charge in [0.1, 0.15) is 17.8 Å². The van der Waals surface area contributed by atoms with Crippen molar-refractivity contribution in [2.45, 2.75) is 25.3 Å². The number of nitrogens with zero attached hydrogens (tertiary/aromatic N) is 4. The summed E-state index contributed by atoms with van der Waals surface area (Å²) in [6.45, 7) is 4.92. The Labute approximate surface area is 124 Å². The molecule has 5 nitrogen and oxygen atoms in total. The minimum atomic E-state index is 0.736. The van der Waals surface area contributed by atoms with Gasteiger partial charge in [-0.05, 0) is 30.7 Å². The number of aromatic amines is 1. The molecule has 2 unspecified atom stereocenters. The topological polar surface area (TPSA) is 48.1 Å². The molecular formula is C16H21N5. The van der Waals surface area contributed by atoms with Gasteiger partial charge < -0.3 is 9.88 Å². The predicted molar refractivity (Wildman–Crippen MR) is 82.3 cm³/mol. The molecule has 2 atom stereocenters. The van der Waals surface area contributed by atoms with Gasteiger partial charge in [-0.25, -0.2) is 9.97 Å². The van der Waals surface area contributed by atoms with E-state index in [1.165, 1.54) is 32.4 Å². The van der Waals surface area contributed by atoms with Crippen molar-refractivity contribution in [2.24, 2.45) is 11.8 Å². The molecule has 2 aromatic heterocycles. The number of hydrogen-bond acceptors (Lipinski definition) is 4. The molecular weight excluding hydrogens is 262 g/mol. The maximum absolute atomic E-state index is 4.50. The molecule has 0 amide bonds. The summed E-state index contributed by atoms with van der Waals surface area (Å²) < 4.78 is 0. The van der Waals surface area contributed by atoms with E-state index in [4.69, 9.17) is 0 Å². The maximum atomic E-state index is 4.50. The van der Waals surface area contributed by atoms with Gasteiger partial charge in [-0.15, -0.1) is 0 Å². The summed E-state index contributed by atoms with van der Waals surface area (Å²) in [5, 5.41) is 1.15. The fourth-order valence-corrected chi connectivity index (χ4v) is 4.54. The van der Waals surface area contributed by atoms with Crippen LogP contribution in [0.2, 0.25) is 0 Å². The lowest BCUT2D eigenvalue weighted by Crippen LogP contribution is -2.59. The van der Waals surface area contributed by atoms with Crippen molar-refractivity contribution in [3.05, 3.63) is 18.6 Å². The van der Waals surface area contributed by atoms with Gasteiger partial charge in [-0.3, -0.25) is 4.90 Å². The van der Waals surface area contributed by atoms with Crippen LogP contribution in [-0.2, 0) is 0 Å². The molecule has 110 valence electrons. The third-order valence-electron chi connectivity index (χ3n) is 5.77. The Bertz CT molecular complexity index is 647. The van der Waals surface area contributed by atoms with Crippen molar-refractivity contribution >= 4 is 16.9 Å². The summed E-state index contributed by atoms with van der Waals surface area (Å²) in [5.41, 5.74) is 0.944. The molecule has 0 spiro atoms. The van der Waals surface area contributed by atoms with Crippen LogP contribution in [-0.4, -0.2) is 52.1 Å². The van der Waals surface area contributed by atoms with Crippen LogP contribution in [0.15, 0.2) is 18.6 Å². The lowest BCUT2D eigenvalue weighted by molar-refractivity contribution is 0.190. The van der Waals surface area contributed by atoms with Crippen molar-refractivity contribution in [1.29, 1.82) is 0 Å². The lowest BCUT2D eigenvalue weighted by Gasteiger charge is -2.45. The third-order valence-corrected chi connectivity index (χ3v) is 5.77. The van der Waals surface area contributed by atoms with Crippen molar-refractivity contribution in [1.82, 2.24) is 19.9 Å². The Morgan fingerprint density at radius 2 is 1.86 bits per heavy atom. The van der Waals surface area contributed by atoms with E-state index in [-0.39, 0.29) is 0 Å². The van der Waals surface area contributed by atoms with E-state index in [1.807, 2.05) is 6.20 Å². The molecule has 4 heterocycles. The van der Waals surface area contributed by atoms with Crippen LogP contribution in [0, 0.1) is 11.8 Å². The third kappa shape index (κ3) is 1.80. The highest BCUT2D eigenvalue weighted by Crippen LogP contribution is 2.40. The average Bonchev–Trinajstić information content (AvgIpc) is 3.11. The van der Waals surface area contributed by atoms with Gasteiger partial charge in [0.2, 0.25) is 0 Å². The van der Waals surface area contributed by atoms with Gasteiger partial charge in [0.25, 0.3) is 0 Å². The minimum Gasteiger partial charge on any atom is -0.353 e. The number of hydrogen-bond donors (Lipinski definition) is 1. The number of nitrogens with one attached hydrogen (secondary N) is 1. The first-order valence-corrected chi connectivity index (χ1v) is 8.15. The Morgan fingerprint density at radius 3 is 2.67 bits per heavy atom. The smallest absolute Gasteiger partial charge is 0.142 e. The fraction of sp³-hybridized carbons (Fsp3) is 0.625. The first-order valence-electron chi connectivity index (χ1n) is 8.15. The van der Waals surface area contributed by atoms with Gasteiger partial charge in [0, 0.05) is 38.4 Å². The molecule has 0 radical (unpaired) electrons. The summed E-state index contributed by atoms with van der Waals surface area (Å²) in [4.78, 5) is 17.1. The molecule has 0 bridgehead atoms. The van der Waals surface area contributed by atoms with Gasteiger partial charge in [0.15, 0.2) is 0 Å². The fourth-order valence-electron chi connectivity index (χ4n) is 4.54. The molecule has 1 aliphatic carbocycles. The van der Waals surface area contributed by atoms with Crippen LogP contribution in [0.4, 0.5) is 5.82 Å². The molecule has 5 heteroatoms. The van der Waals surface area contributed by atoms with E-state index in [9.17, 15) is 0 Å². The second-order valence-electron chi connectivity index (χ2n) is 6.90. The van der Waals surface area contributed by atoms with Crippen LogP contribution in [0.1, 0.15) is 19.3 Å². The molecule has 3 aliphatic rings. The number of likely N-dealkylation sites (tertiary alicyclic amines) is 1. The zero-order valence-corrected chi connectivity index (χ0v) is 12.2. The maximum Gasteiger partial charge on any atom is 0.142 e. The van der Waals surface area contributed by atoms with Crippen LogP contribution in [0.25, 0.3) is 11.0 Å². The van der Waals surface area contributed by atoms with Crippen LogP contribution in [0.3, 0.4) is 0 Å². The summed E-state index contributed by atoms with van der Waals surface area (Å²) >= 11 is 0. The highest BCUT2D eigenvalue weighted by Gasteiger charge is 2.42. The van der Waals surface area contributed by atoms with E-state index in [2.05, 4.69) is 30.8 Å². The number of H-pyrrole nitrogens is 1. The molecule has 1 N–H and O–H groups in total. The van der Waals surface area contributed by atoms with Crippen LogP contribution < -0.4 is 4.90 Å². The number of aromatic nitrogens is 3. The summed E-state index contributed by atoms with van der Waals surface area (Å²) in [5.74, 6) is 3.08. The summed E-state index contributed by atoms with van der Waals surface area (Å²) in [6, 6.07) is 2.82. The normalized spacial score (nSPS) is 30.0. The lowest BCUT2D eigenvalue weighted by atomic mass is 10.0. The van der Waals surface area contributed by atoms with Gasteiger partial charge >= 0.3 is 0 Å². The highest BCUT2D eigenvalue weighted by atomic mass is 15.3. The molecule has 2 aromatic rings. The number of rotatable bonds is 2. The van der Waals surface area contributed by atoms with Crippen molar-refractivity contribution in [2.75, 3.05) is 31.1 Å². The van der Waals surface area contributed by atoms with Crippen molar-refractivity contribution < 1.29 is 0 Å². The first-order chi connectivity index (χ1) is 10.4. The number of fused-ring (bicyclic) bond motifs is 2. The molecule has 5 rings (SSSR count). The molecule has 2 aliphatic heterocycles. The Morgan fingerprint density at radius 1 is 1.05 bits per heavy atom. The predicted octanol–water partition coefficient (Wildman–Crippen LogP) is 1.88. The van der Waals surface area contributed by atoms with Crippen LogP contribution >= 0.6 is 0 Å². The van der Waals surface area contributed by atoms with Gasteiger partial charge in [-0.1, -0.05) is 6.42 Å². The summed E-state index contributed by atoms with van der Waals surface area (Å²) in [7, 11) is 0. The first kappa shape index (κ1) is 12.0. The Hall–Kier alpha value is -1.62.